The van der Waals surface area contributed by atoms with E-state index in [0.717, 1.165) is 12.9 Å². The maximum atomic E-state index is 9.93. The van der Waals surface area contributed by atoms with E-state index in [9.17, 15) is 4.57 Å². The van der Waals surface area contributed by atoms with Crippen molar-refractivity contribution in [3.05, 3.63) is 0 Å². The summed E-state index contributed by atoms with van der Waals surface area (Å²) in [6.07, 6.45) is 1.09. The highest BCUT2D eigenvalue weighted by Crippen LogP contribution is 2.35. The first-order valence-electron chi connectivity index (χ1n) is 1.44. The summed E-state index contributed by atoms with van der Waals surface area (Å²) >= 11 is 0. The van der Waals surface area contributed by atoms with Gasteiger partial charge in [0.25, 0.3) is 6.26 Å². The maximum absolute atomic E-state index is 9.93. The Hall–Kier alpha value is -0.520. The summed E-state index contributed by atoms with van der Waals surface area (Å²) < 4.78 is 13.6. The van der Waals surface area contributed by atoms with Gasteiger partial charge < -0.3 is 9.42 Å². The van der Waals surface area contributed by atoms with E-state index in [1.807, 2.05) is 0 Å². The number of hydrogen-bond acceptors (Lipinski definition) is 3. The summed E-state index contributed by atoms with van der Waals surface area (Å²) in [4.78, 5) is 8.13. The molecule has 0 aromatic heterocycles. The minimum atomic E-state index is -3.53. The highest BCUT2D eigenvalue weighted by molar-refractivity contribution is 7.52. The van der Waals surface area contributed by atoms with Crippen molar-refractivity contribution in [1.82, 2.24) is 0 Å². The Balaban J connectivity index is 3.65. The summed E-state index contributed by atoms with van der Waals surface area (Å²) in [6, 6.07) is 0. The van der Waals surface area contributed by atoms with Crippen molar-refractivity contribution in [1.29, 1.82) is 5.26 Å². The lowest BCUT2D eigenvalue weighted by molar-refractivity contribution is 0.367. The summed E-state index contributed by atoms with van der Waals surface area (Å²) in [5, 5.41) is 7.60. The first kappa shape index (κ1) is 6.48. The topological polar surface area (TPSA) is 70.3 Å². The molecule has 0 heterocycles. The number of rotatable bonds is 1. The number of nitrogens with zero attached hydrogens (tertiary/aromatic N) is 1. The van der Waals surface area contributed by atoms with E-state index >= 15 is 0 Å². The average molecular weight is 121 g/mol. The van der Waals surface area contributed by atoms with Crippen molar-refractivity contribution in [2.75, 3.05) is 6.66 Å². The van der Waals surface area contributed by atoms with Gasteiger partial charge in [-0.3, -0.25) is 0 Å². The van der Waals surface area contributed by atoms with Crippen molar-refractivity contribution < 1.29 is 14.0 Å². The molecule has 1 atom stereocenters. The van der Waals surface area contributed by atoms with Crippen LogP contribution in [0.25, 0.3) is 0 Å². The molecule has 0 aliphatic rings. The highest BCUT2D eigenvalue weighted by atomic mass is 31.2. The zero-order valence-electron chi connectivity index (χ0n) is 3.66. The second kappa shape index (κ2) is 1.97. The third-order valence-corrected chi connectivity index (χ3v) is 0.631. The molecule has 0 amide bonds. The minimum Gasteiger partial charge on any atom is -0.349 e. The van der Waals surface area contributed by atoms with E-state index in [0.29, 0.717) is 0 Å². The normalized spacial score (nSPS) is 16.7. The zero-order chi connectivity index (χ0) is 5.91. The van der Waals surface area contributed by atoms with Gasteiger partial charge in [0.05, 0.1) is 6.66 Å². The van der Waals surface area contributed by atoms with Crippen LogP contribution in [0.15, 0.2) is 0 Å². The molecule has 1 unspecified atom stereocenters. The minimum absolute atomic E-state index is 0.941. The van der Waals surface area contributed by atoms with Gasteiger partial charge in [-0.2, -0.15) is 0 Å². The van der Waals surface area contributed by atoms with Crippen LogP contribution >= 0.6 is 7.60 Å². The third kappa shape index (κ3) is 5.48. The Labute approximate surface area is 40.9 Å². The van der Waals surface area contributed by atoms with E-state index < -0.39 is 7.60 Å². The van der Waals surface area contributed by atoms with Gasteiger partial charge in [0.15, 0.2) is 0 Å². The quantitative estimate of drug-likeness (QED) is 0.400. The lowest BCUT2D eigenvalue weighted by Gasteiger charge is -1.94. The summed E-state index contributed by atoms with van der Waals surface area (Å²) in [6.45, 7) is 0.941. The van der Waals surface area contributed by atoms with E-state index in [1.54, 1.807) is 0 Å². The molecule has 7 heavy (non-hydrogen) atoms. The second-order valence-corrected chi connectivity index (χ2v) is 2.77. The zero-order valence-corrected chi connectivity index (χ0v) is 4.55. The fourth-order valence-electron chi connectivity index (χ4n) is 0.0757. The first-order chi connectivity index (χ1) is 3.06. The average Bonchev–Trinajstić information content (AvgIpc) is 1.30. The fourth-order valence-corrected chi connectivity index (χ4v) is 0.227. The van der Waals surface area contributed by atoms with Crippen LogP contribution in [-0.4, -0.2) is 11.6 Å². The molecule has 0 fully saturated rings. The highest BCUT2D eigenvalue weighted by Gasteiger charge is 2.07. The summed E-state index contributed by atoms with van der Waals surface area (Å²) in [5.41, 5.74) is 0. The van der Waals surface area contributed by atoms with Crippen molar-refractivity contribution in [3.63, 3.8) is 0 Å². The van der Waals surface area contributed by atoms with Gasteiger partial charge >= 0.3 is 7.60 Å². The predicted molar refractivity (Wildman–Crippen MR) is 22.4 cm³/mol. The van der Waals surface area contributed by atoms with Crippen LogP contribution in [0.5, 0.6) is 0 Å². The monoisotopic (exact) mass is 121 g/mol. The molecule has 0 aliphatic carbocycles. The van der Waals surface area contributed by atoms with Gasteiger partial charge in [0.2, 0.25) is 0 Å². The largest absolute Gasteiger partial charge is 0.383 e. The van der Waals surface area contributed by atoms with Gasteiger partial charge in [-0.15, -0.1) is 5.26 Å². The van der Waals surface area contributed by atoms with Crippen molar-refractivity contribution >= 4 is 7.60 Å². The molecular formula is C2H4NO3P. The molecule has 0 rings (SSSR count). The molecule has 0 aliphatic heterocycles. The van der Waals surface area contributed by atoms with Crippen LogP contribution in [-0.2, 0) is 9.09 Å². The SMILES string of the molecule is CP(=O)(O)OC#N. The lowest BCUT2D eigenvalue weighted by atomic mass is 11.6. The number of hydrogen-bond donors (Lipinski definition) is 1. The van der Waals surface area contributed by atoms with E-state index in [1.165, 1.54) is 0 Å². The molecule has 0 saturated carbocycles. The summed E-state index contributed by atoms with van der Waals surface area (Å²) in [5.74, 6) is 0. The van der Waals surface area contributed by atoms with Gasteiger partial charge in [0, 0.05) is 0 Å². The molecular weight excluding hydrogens is 117 g/mol. The van der Waals surface area contributed by atoms with Crippen LogP contribution < -0.4 is 0 Å². The summed E-state index contributed by atoms with van der Waals surface area (Å²) in [7, 11) is -3.53. The molecule has 0 bridgehead atoms. The van der Waals surface area contributed by atoms with E-state index in [4.69, 9.17) is 10.2 Å². The van der Waals surface area contributed by atoms with Crippen LogP contribution in [0.2, 0.25) is 0 Å². The van der Waals surface area contributed by atoms with E-state index in [2.05, 4.69) is 4.52 Å². The Kier molecular flexibility index (Phi) is 1.82. The predicted octanol–water partition coefficient (Wildman–Crippen LogP) is 0.299. The Morgan fingerprint density at radius 1 is 2.00 bits per heavy atom. The van der Waals surface area contributed by atoms with Crippen molar-refractivity contribution in [2.24, 2.45) is 0 Å². The fraction of sp³-hybridized carbons (Fsp3) is 0.500. The Morgan fingerprint density at radius 2 is 2.43 bits per heavy atom. The molecule has 0 aromatic carbocycles. The molecule has 4 nitrogen and oxygen atoms in total. The lowest BCUT2D eigenvalue weighted by Crippen LogP contribution is -1.74. The second-order valence-electron chi connectivity index (χ2n) is 0.986. The molecule has 0 radical (unpaired) electrons. The first-order valence-corrected chi connectivity index (χ1v) is 3.46. The van der Waals surface area contributed by atoms with Gasteiger partial charge in [-0.1, -0.05) is 0 Å². The Bertz CT molecular complexity index is 130. The molecule has 0 saturated heterocycles. The van der Waals surface area contributed by atoms with Gasteiger partial charge in [-0.05, 0) is 0 Å². The van der Waals surface area contributed by atoms with Crippen LogP contribution in [0.4, 0.5) is 0 Å². The molecule has 40 valence electrons. The third-order valence-electron chi connectivity index (χ3n) is 0.210. The van der Waals surface area contributed by atoms with Crippen LogP contribution in [0.3, 0.4) is 0 Å². The van der Waals surface area contributed by atoms with E-state index in [-0.39, 0.29) is 0 Å². The van der Waals surface area contributed by atoms with Crippen LogP contribution in [0.1, 0.15) is 0 Å². The molecule has 0 aromatic rings. The van der Waals surface area contributed by atoms with Crippen LogP contribution in [0, 0.1) is 11.5 Å². The maximum Gasteiger partial charge on any atom is 0.383 e. The molecule has 0 spiro atoms. The van der Waals surface area contributed by atoms with Gasteiger partial charge in [0.1, 0.15) is 0 Å². The van der Waals surface area contributed by atoms with Crippen molar-refractivity contribution in [2.45, 2.75) is 0 Å². The van der Waals surface area contributed by atoms with Crippen molar-refractivity contribution in [3.8, 4) is 6.26 Å². The molecule has 5 heteroatoms. The number of nitriles is 1. The standard InChI is InChI=1S/C2H4NO3P/c1-7(4,5)6-2-3/h1H3,(H,4,5). The van der Waals surface area contributed by atoms with Gasteiger partial charge in [-0.25, -0.2) is 4.57 Å². The Morgan fingerprint density at radius 3 is 2.43 bits per heavy atom. The molecule has 1 N–H and O–H groups in total. The smallest absolute Gasteiger partial charge is 0.349 e.